The predicted octanol–water partition coefficient (Wildman–Crippen LogP) is 2.70. The van der Waals surface area contributed by atoms with Gasteiger partial charge in [0.15, 0.2) is 0 Å². The van der Waals surface area contributed by atoms with Gasteiger partial charge in [0.25, 0.3) is 0 Å². The topological polar surface area (TPSA) is 50.7 Å². The number of nitrogens with zero attached hydrogens (tertiary/aromatic N) is 3. The summed E-state index contributed by atoms with van der Waals surface area (Å²) in [6.45, 7) is 4.40. The lowest BCUT2D eigenvalue weighted by molar-refractivity contribution is 0.631. The number of hydrogen-bond acceptors (Lipinski definition) is 4. The minimum absolute atomic E-state index is 0.591. The summed E-state index contributed by atoms with van der Waals surface area (Å²) in [5.74, 6) is 2.33. The van der Waals surface area contributed by atoms with Crippen LogP contribution in [0, 0.1) is 5.92 Å². The van der Waals surface area contributed by atoms with E-state index in [2.05, 4.69) is 34.1 Å². The SMILES string of the molecule is CNc1cc(CC(C)C)nc(Cc2ccncc2)n1. The first kappa shape index (κ1) is 13.5. The molecule has 0 spiro atoms. The number of pyridine rings is 1. The molecule has 2 heterocycles. The van der Waals surface area contributed by atoms with E-state index in [1.165, 1.54) is 5.56 Å². The van der Waals surface area contributed by atoms with E-state index >= 15 is 0 Å². The molecular weight excluding hydrogens is 236 g/mol. The maximum Gasteiger partial charge on any atom is 0.135 e. The normalized spacial score (nSPS) is 10.7. The molecule has 0 bridgehead atoms. The fourth-order valence-electron chi connectivity index (χ4n) is 1.97. The second-order valence-corrected chi connectivity index (χ2v) is 5.04. The van der Waals surface area contributed by atoms with Gasteiger partial charge in [0.2, 0.25) is 0 Å². The summed E-state index contributed by atoms with van der Waals surface area (Å²) in [4.78, 5) is 13.2. The molecule has 2 aromatic heterocycles. The van der Waals surface area contributed by atoms with Crippen molar-refractivity contribution in [2.75, 3.05) is 12.4 Å². The minimum atomic E-state index is 0.591. The van der Waals surface area contributed by atoms with E-state index in [9.17, 15) is 0 Å². The van der Waals surface area contributed by atoms with Crippen LogP contribution in [0.2, 0.25) is 0 Å². The molecule has 2 rings (SSSR count). The number of aromatic nitrogens is 3. The highest BCUT2D eigenvalue weighted by molar-refractivity contribution is 5.36. The highest BCUT2D eigenvalue weighted by Gasteiger charge is 2.06. The Hall–Kier alpha value is -1.97. The number of anilines is 1. The van der Waals surface area contributed by atoms with Gasteiger partial charge in [-0.2, -0.15) is 0 Å². The third-order valence-electron chi connectivity index (χ3n) is 2.81. The summed E-state index contributed by atoms with van der Waals surface area (Å²) >= 11 is 0. The van der Waals surface area contributed by atoms with Crippen LogP contribution < -0.4 is 5.32 Å². The Bertz CT molecular complexity index is 523. The van der Waals surface area contributed by atoms with Gasteiger partial charge < -0.3 is 5.32 Å². The average molecular weight is 256 g/mol. The maximum absolute atomic E-state index is 4.65. The van der Waals surface area contributed by atoms with Crippen LogP contribution in [0.25, 0.3) is 0 Å². The van der Waals surface area contributed by atoms with Crippen molar-refractivity contribution >= 4 is 5.82 Å². The molecule has 0 radical (unpaired) electrons. The zero-order valence-corrected chi connectivity index (χ0v) is 11.7. The van der Waals surface area contributed by atoms with Crippen molar-refractivity contribution in [1.29, 1.82) is 0 Å². The highest BCUT2D eigenvalue weighted by Crippen LogP contribution is 2.13. The highest BCUT2D eigenvalue weighted by atomic mass is 15.0. The largest absolute Gasteiger partial charge is 0.373 e. The molecule has 19 heavy (non-hydrogen) atoms. The molecule has 4 heteroatoms. The van der Waals surface area contributed by atoms with Crippen molar-refractivity contribution in [2.24, 2.45) is 5.92 Å². The smallest absolute Gasteiger partial charge is 0.135 e. The third-order valence-corrected chi connectivity index (χ3v) is 2.81. The lowest BCUT2D eigenvalue weighted by Crippen LogP contribution is -2.06. The summed E-state index contributed by atoms with van der Waals surface area (Å²) in [6, 6.07) is 6.02. The van der Waals surface area contributed by atoms with Gasteiger partial charge in [-0.15, -0.1) is 0 Å². The monoisotopic (exact) mass is 256 g/mol. The number of rotatable bonds is 5. The van der Waals surface area contributed by atoms with Crippen molar-refractivity contribution in [2.45, 2.75) is 26.7 Å². The summed E-state index contributed by atoms with van der Waals surface area (Å²) < 4.78 is 0. The van der Waals surface area contributed by atoms with Gasteiger partial charge in [-0.3, -0.25) is 4.98 Å². The van der Waals surface area contributed by atoms with Gasteiger partial charge in [-0.05, 0) is 30.0 Å². The summed E-state index contributed by atoms with van der Waals surface area (Å²) in [6.07, 6.45) is 5.31. The van der Waals surface area contributed by atoms with E-state index in [-0.39, 0.29) is 0 Å². The van der Waals surface area contributed by atoms with Crippen LogP contribution >= 0.6 is 0 Å². The van der Waals surface area contributed by atoms with Gasteiger partial charge in [0, 0.05) is 37.6 Å². The third kappa shape index (κ3) is 4.02. The Balaban J connectivity index is 2.24. The second-order valence-electron chi connectivity index (χ2n) is 5.04. The van der Waals surface area contributed by atoms with Crippen LogP contribution in [-0.2, 0) is 12.8 Å². The molecular formula is C15H20N4. The van der Waals surface area contributed by atoms with E-state index in [4.69, 9.17) is 0 Å². The molecule has 0 fully saturated rings. The van der Waals surface area contributed by atoms with Crippen molar-refractivity contribution in [1.82, 2.24) is 15.0 Å². The maximum atomic E-state index is 4.65. The average Bonchev–Trinajstić information content (AvgIpc) is 2.38. The van der Waals surface area contributed by atoms with Crippen molar-refractivity contribution in [3.05, 3.63) is 47.7 Å². The minimum Gasteiger partial charge on any atom is -0.373 e. The van der Waals surface area contributed by atoms with E-state index in [0.29, 0.717) is 5.92 Å². The molecule has 0 saturated heterocycles. The van der Waals surface area contributed by atoms with Gasteiger partial charge in [-0.1, -0.05) is 13.8 Å². The Labute approximate surface area is 114 Å². The Morgan fingerprint density at radius 2 is 1.89 bits per heavy atom. The predicted molar refractivity (Wildman–Crippen MR) is 77.2 cm³/mol. The first-order valence-corrected chi connectivity index (χ1v) is 6.61. The molecule has 1 N–H and O–H groups in total. The molecule has 0 unspecified atom stereocenters. The molecule has 4 nitrogen and oxygen atoms in total. The second kappa shape index (κ2) is 6.27. The lowest BCUT2D eigenvalue weighted by atomic mass is 10.1. The molecule has 2 aromatic rings. The van der Waals surface area contributed by atoms with Gasteiger partial charge >= 0.3 is 0 Å². The molecule has 0 aromatic carbocycles. The van der Waals surface area contributed by atoms with Crippen molar-refractivity contribution in [3.8, 4) is 0 Å². The van der Waals surface area contributed by atoms with Crippen LogP contribution in [0.4, 0.5) is 5.82 Å². The Kier molecular flexibility index (Phi) is 4.44. The van der Waals surface area contributed by atoms with Gasteiger partial charge in [0.1, 0.15) is 11.6 Å². The zero-order chi connectivity index (χ0) is 13.7. The number of hydrogen-bond donors (Lipinski definition) is 1. The standard InChI is InChI=1S/C15H20N4/c1-11(2)8-13-10-14(16-3)19-15(18-13)9-12-4-6-17-7-5-12/h4-7,10-11H,8-9H2,1-3H3,(H,16,18,19). The quantitative estimate of drug-likeness (QED) is 0.893. The first-order chi connectivity index (χ1) is 9.17. The molecule has 0 aliphatic carbocycles. The van der Waals surface area contributed by atoms with Crippen molar-refractivity contribution in [3.63, 3.8) is 0 Å². The van der Waals surface area contributed by atoms with Crippen LogP contribution in [0.15, 0.2) is 30.6 Å². The van der Waals surface area contributed by atoms with E-state index in [0.717, 1.165) is 30.2 Å². The van der Waals surface area contributed by atoms with Crippen LogP contribution in [0.5, 0.6) is 0 Å². The van der Waals surface area contributed by atoms with Crippen LogP contribution in [0.3, 0.4) is 0 Å². The Morgan fingerprint density at radius 3 is 2.53 bits per heavy atom. The molecule has 100 valence electrons. The summed E-state index contributed by atoms with van der Waals surface area (Å²) in [7, 11) is 1.89. The lowest BCUT2D eigenvalue weighted by Gasteiger charge is -2.09. The van der Waals surface area contributed by atoms with Crippen LogP contribution in [0.1, 0.15) is 30.9 Å². The summed E-state index contributed by atoms with van der Waals surface area (Å²) in [5.41, 5.74) is 2.28. The molecule has 0 amide bonds. The summed E-state index contributed by atoms with van der Waals surface area (Å²) in [5, 5.41) is 3.10. The van der Waals surface area contributed by atoms with E-state index < -0.39 is 0 Å². The first-order valence-electron chi connectivity index (χ1n) is 6.61. The zero-order valence-electron chi connectivity index (χ0n) is 11.7. The van der Waals surface area contributed by atoms with Gasteiger partial charge in [0.05, 0.1) is 0 Å². The van der Waals surface area contributed by atoms with Crippen LogP contribution in [-0.4, -0.2) is 22.0 Å². The molecule has 0 aliphatic heterocycles. The fourth-order valence-corrected chi connectivity index (χ4v) is 1.97. The van der Waals surface area contributed by atoms with E-state index in [1.54, 1.807) is 12.4 Å². The molecule has 0 aliphatic rings. The Morgan fingerprint density at radius 1 is 1.16 bits per heavy atom. The molecule has 0 atom stereocenters. The fraction of sp³-hybridized carbons (Fsp3) is 0.400. The van der Waals surface area contributed by atoms with Crippen molar-refractivity contribution < 1.29 is 0 Å². The molecule has 0 saturated carbocycles. The number of nitrogens with one attached hydrogen (secondary N) is 1. The van der Waals surface area contributed by atoms with Gasteiger partial charge in [-0.25, -0.2) is 9.97 Å². The van der Waals surface area contributed by atoms with E-state index in [1.807, 2.05) is 25.2 Å².